The predicted octanol–water partition coefficient (Wildman–Crippen LogP) is 5.91. The molecule has 1 aliphatic heterocycles. The van der Waals surface area contributed by atoms with Crippen LogP contribution in [0, 0.1) is 6.92 Å². The lowest BCUT2D eigenvalue weighted by atomic mass is 9.95. The van der Waals surface area contributed by atoms with Crippen LogP contribution in [-0.4, -0.2) is 30.3 Å². The fourth-order valence-corrected chi connectivity index (χ4v) is 4.55. The SMILES string of the molecule is COc1ccc([C@@H]2c3c(-c4ccc(Br)cc4)n[nH]c3C(=O)N2c2ccc(C)cc2)c(OC)c1. The van der Waals surface area contributed by atoms with E-state index in [0.29, 0.717) is 17.2 Å². The molecule has 0 aliphatic carbocycles. The van der Waals surface area contributed by atoms with Crippen LogP contribution >= 0.6 is 15.9 Å². The second-order valence-electron chi connectivity index (χ2n) is 7.89. The van der Waals surface area contributed by atoms with E-state index >= 15 is 0 Å². The minimum Gasteiger partial charge on any atom is -0.497 e. The van der Waals surface area contributed by atoms with Crippen LogP contribution in [0.4, 0.5) is 5.69 Å². The standard InChI is InChI=1S/C26H22BrN3O3/c1-15-4-10-18(11-5-15)30-25(20-13-12-19(32-2)14-21(20)33-3)22-23(28-29-24(22)26(30)31)16-6-8-17(27)9-7-16/h4-14,25H,1-3H3,(H,28,29)/t25-/m1/s1. The summed E-state index contributed by atoms with van der Waals surface area (Å²) in [5.74, 6) is 1.19. The summed E-state index contributed by atoms with van der Waals surface area (Å²) in [6, 6.07) is 21.1. The van der Waals surface area contributed by atoms with Gasteiger partial charge < -0.3 is 9.47 Å². The number of hydrogen-bond donors (Lipinski definition) is 1. The first-order valence-electron chi connectivity index (χ1n) is 10.5. The summed E-state index contributed by atoms with van der Waals surface area (Å²) in [6.45, 7) is 2.03. The highest BCUT2D eigenvalue weighted by molar-refractivity contribution is 9.10. The maximum absolute atomic E-state index is 13.7. The third-order valence-electron chi connectivity index (χ3n) is 5.93. The van der Waals surface area contributed by atoms with Gasteiger partial charge in [0.2, 0.25) is 0 Å². The van der Waals surface area contributed by atoms with Crippen LogP contribution in [0.3, 0.4) is 0 Å². The van der Waals surface area contributed by atoms with Crippen LogP contribution in [0.5, 0.6) is 11.5 Å². The molecule has 33 heavy (non-hydrogen) atoms. The van der Waals surface area contributed by atoms with E-state index in [-0.39, 0.29) is 5.91 Å². The molecule has 0 saturated heterocycles. The number of benzene rings is 3. The Balaban J connectivity index is 1.74. The largest absolute Gasteiger partial charge is 0.497 e. The van der Waals surface area contributed by atoms with Crippen molar-refractivity contribution in [2.75, 3.05) is 19.1 Å². The lowest BCUT2D eigenvalue weighted by molar-refractivity contribution is 0.0988. The van der Waals surface area contributed by atoms with Gasteiger partial charge in [0, 0.05) is 32.9 Å². The van der Waals surface area contributed by atoms with E-state index in [1.807, 2.05) is 73.7 Å². The number of methoxy groups -OCH3 is 2. The van der Waals surface area contributed by atoms with E-state index in [1.54, 1.807) is 19.1 Å². The molecule has 7 heteroatoms. The number of rotatable bonds is 5. The lowest BCUT2D eigenvalue weighted by Gasteiger charge is -2.28. The highest BCUT2D eigenvalue weighted by atomic mass is 79.9. The van der Waals surface area contributed by atoms with Crippen LogP contribution in [0.1, 0.15) is 33.2 Å². The minimum absolute atomic E-state index is 0.132. The molecule has 166 valence electrons. The summed E-state index contributed by atoms with van der Waals surface area (Å²) in [4.78, 5) is 15.5. The van der Waals surface area contributed by atoms with Gasteiger partial charge in [-0.15, -0.1) is 0 Å². The van der Waals surface area contributed by atoms with Crippen molar-refractivity contribution in [2.24, 2.45) is 0 Å². The number of aromatic nitrogens is 2. The maximum Gasteiger partial charge on any atom is 0.277 e. The number of hydrogen-bond acceptors (Lipinski definition) is 4. The molecule has 0 spiro atoms. The van der Waals surface area contributed by atoms with Gasteiger partial charge in [-0.1, -0.05) is 45.8 Å². The molecule has 1 aromatic heterocycles. The Bertz CT molecular complexity index is 1330. The zero-order valence-corrected chi connectivity index (χ0v) is 20.0. The Kier molecular flexibility index (Phi) is 5.42. The molecule has 1 aliphatic rings. The summed E-state index contributed by atoms with van der Waals surface area (Å²) in [5.41, 5.74) is 5.75. The van der Waals surface area contributed by atoms with E-state index in [1.165, 1.54) is 0 Å². The summed E-state index contributed by atoms with van der Waals surface area (Å²) in [6.07, 6.45) is 0. The summed E-state index contributed by atoms with van der Waals surface area (Å²) < 4.78 is 12.1. The third kappa shape index (κ3) is 3.58. The number of aryl methyl sites for hydroxylation is 1. The molecular formula is C26H22BrN3O3. The van der Waals surface area contributed by atoms with Gasteiger partial charge in [-0.05, 0) is 43.3 Å². The normalized spacial score (nSPS) is 15.0. The number of halogens is 1. The maximum atomic E-state index is 13.7. The molecule has 0 bridgehead atoms. The van der Waals surface area contributed by atoms with Crippen molar-refractivity contribution in [3.63, 3.8) is 0 Å². The molecule has 1 amide bonds. The summed E-state index contributed by atoms with van der Waals surface area (Å²) in [7, 11) is 3.24. The first-order chi connectivity index (χ1) is 16.0. The summed E-state index contributed by atoms with van der Waals surface area (Å²) >= 11 is 3.49. The van der Waals surface area contributed by atoms with Crippen LogP contribution < -0.4 is 14.4 Å². The van der Waals surface area contributed by atoms with Gasteiger partial charge >= 0.3 is 0 Å². The van der Waals surface area contributed by atoms with Crippen molar-refractivity contribution in [3.8, 4) is 22.8 Å². The number of carbonyl (C=O) groups is 1. The highest BCUT2D eigenvalue weighted by Crippen LogP contribution is 2.47. The Morgan fingerprint density at radius 1 is 0.970 bits per heavy atom. The minimum atomic E-state index is -0.423. The van der Waals surface area contributed by atoms with E-state index in [0.717, 1.165) is 38.1 Å². The Labute approximate surface area is 200 Å². The molecule has 0 saturated carbocycles. The number of nitrogens with one attached hydrogen (secondary N) is 1. The average molecular weight is 504 g/mol. The highest BCUT2D eigenvalue weighted by Gasteiger charge is 2.44. The number of anilines is 1. The van der Waals surface area contributed by atoms with Crippen molar-refractivity contribution < 1.29 is 14.3 Å². The number of nitrogens with zero attached hydrogens (tertiary/aromatic N) is 2. The zero-order valence-electron chi connectivity index (χ0n) is 18.4. The van der Waals surface area contributed by atoms with Gasteiger partial charge in [0.05, 0.1) is 26.0 Å². The quantitative estimate of drug-likeness (QED) is 0.367. The molecule has 2 heterocycles. The molecule has 0 fully saturated rings. The van der Waals surface area contributed by atoms with Crippen molar-refractivity contribution >= 4 is 27.5 Å². The smallest absolute Gasteiger partial charge is 0.277 e. The molecular weight excluding hydrogens is 482 g/mol. The first-order valence-corrected chi connectivity index (χ1v) is 11.3. The first kappa shape index (κ1) is 21.3. The molecule has 5 rings (SSSR count). The average Bonchev–Trinajstić information content (AvgIpc) is 3.39. The molecule has 1 N–H and O–H groups in total. The topological polar surface area (TPSA) is 67.5 Å². The Morgan fingerprint density at radius 2 is 1.70 bits per heavy atom. The fourth-order valence-electron chi connectivity index (χ4n) is 4.29. The second-order valence-corrected chi connectivity index (χ2v) is 8.80. The van der Waals surface area contributed by atoms with E-state index in [9.17, 15) is 4.79 Å². The summed E-state index contributed by atoms with van der Waals surface area (Å²) in [5, 5.41) is 7.54. The Morgan fingerprint density at radius 3 is 2.36 bits per heavy atom. The molecule has 4 aromatic rings. The number of ether oxygens (including phenoxy) is 2. The van der Waals surface area contributed by atoms with E-state index in [4.69, 9.17) is 9.47 Å². The van der Waals surface area contributed by atoms with Crippen molar-refractivity contribution in [2.45, 2.75) is 13.0 Å². The number of fused-ring (bicyclic) bond motifs is 1. The van der Waals surface area contributed by atoms with Gasteiger partial charge in [0.1, 0.15) is 17.2 Å². The lowest BCUT2D eigenvalue weighted by Crippen LogP contribution is -2.29. The van der Waals surface area contributed by atoms with Crippen LogP contribution in [0.15, 0.2) is 71.2 Å². The van der Waals surface area contributed by atoms with Crippen molar-refractivity contribution in [1.29, 1.82) is 0 Å². The van der Waals surface area contributed by atoms with Crippen LogP contribution in [0.2, 0.25) is 0 Å². The van der Waals surface area contributed by atoms with Crippen LogP contribution in [0.25, 0.3) is 11.3 Å². The van der Waals surface area contributed by atoms with Crippen molar-refractivity contribution in [3.05, 3.63) is 93.6 Å². The molecule has 0 radical (unpaired) electrons. The number of H-pyrrole nitrogens is 1. The number of aromatic amines is 1. The number of carbonyl (C=O) groups excluding carboxylic acids is 1. The van der Waals surface area contributed by atoms with E-state index < -0.39 is 6.04 Å². The second kappa shape index (κ2) is 8.41. The van der Waals surface area contributed by atoms with Crippen molar-refractivity contribution in [1.82, 2.24) is 10.2 Å². The van der Waals surface area contributed by atoms with Gasteiger partial charge in [0.15, 0.2) is 0 Å². The zero-order chi connectivity index (χ0) is 23.1. The number of amides is 1. The third-order valence-corrected chi connectivity index (χ3v) is 6.46. The molecule has 6 nitrogen and oxygen atoms in total. The predicted molar refractivity (Wildman–Crippen MR) is 131 cm³/mol. The van der Waals surface area contributed by atoms with Gasteiger partial charge in [-0.25, -0.2) is 0 Å². The molecule has 1 atom stereocenters. The monoisotopic (exact) mass is 503 g/mol. The molecule has 0 unspecified atom stereocenters. The van der Waals surface area contributed by atoms with Gasteiger partial charge in [0.25, 0.3) is 5.91 Å². The van der Waals surface area contributed by atoms with Gasteiger partial charge in [-0.2, -0.15) is 5.10 Å². The fraction of sp³-hybridized carbons (Fsp3) is 0.154. The van der Waals surface area contributed by atoms with Gasteiger partial charge in [-0.3, -0.25) is 14.8 Å². The Hall–Kier alpha value is -3.58. The molecule has 3 aromatic carbocycles. The van der Waals surface area contributed by atoms with Crippen LogP contribution in [-0.2, 0) is 0 Å². The van der Waals surface area contributed by atoms with E-state index in [2.05, 4.69) is 26.1 Å².